The number of rotatable bonds is 2. The lowest BCUT2D eigenvalue weighted by atomic mass is 10.3. The Hall–Kier alpha value is -1.75. The van der Waals surface area contributed by atoms with Crippen LogP contribution in [0.3, 0.4) is 0 Å². The summed E-state index contributed by atoms with van der Waals surface area (Å²) in [6.45, 7) is -0.00693. The Kier molecular flexibility index (Phi) is 2.93. The van der Waals surface area contributed by atoms with Crippen LogP contribution in [0.4, 0.5) is 0 Å². The van der Waals surface area contributed by atoms with Gasteiger partial charge in [-0.2, -0.15) is 0 Å². The van der Waals surface area contributed by atoms with Crippen molar-refractivity contribution >= 4 is 28.5 Å². The molecule has 17 heavy (non-hydrogen) atoms. The number of nitrogens with one attached hydrogen (secondary N) is 1. The van der Waals surface area contributed by atoms with Gasteiger partial charge in [-0.25, -0.2) is 4.79 Å². The lowest BCUT2D eigenvalue weighted by Crippen LogP contribution is -2.30. The molecule has 0 aliphatic heterocycles. The number of nitrogens with zero attached hydrogens (tertiary/aromatic N) is 2. The molecule has 2 rings (SSSR count). The van der Waals surface area contributed by atoms with Crippen molar-refractivity contribution in [3.8, 4) is 0 Å². The first-order valence-electron chi connectivity index (χ1n) is 5.10. The van der Waals surface area contributed by atoms with Gasteiger partial charge >= 0.3 is 5.69 Å². The van der Waals surface area contributed by atoms with Crippen molar-refractivity contribution in [3.05, 3.63) is 33.7 Å². The van der Waals surface area contributed by atoms with Crippen LogP contribution in [0.15, 0.2) is 23.0 Å². The summed E-state index contributed by atoms with van der Waals surface area (Å²) in [4.78, 5) is 23.3. The van der Waals surface area contributed by atoms with Crippen molar-refractivity contribution in [1.29, 1.82) is 0 Å². The Labute approximate surface area is 103 Å². The number of hydrogen-bond donors (Lipinski definition) is 1. The highest BCUT2D eigenvalue weighted by molar-refractivity contribution is 6.31. The molecule has 1 N–H and O–H groups in total. The van der Waals surface area contributed by atoms with Crippen molar-refractivity contribution < 1.29 is 4.79 Å². The summed E-state index contributed by atoms with van der Waals surface area (Å²) in [7, 11) is 3.20. The molecule has 90 valence electrons. The predicted molar refractivity (Wildman–Crippen MR) is 66.3 cm³/mol. The zero-order chi connectivity index (χ0) is 12.6. The van der Waals surface area contributed by atoms with Crippen LogP contribution in [0.25, 0.3) is 11.0 Å². The molecule has 0 fully saturated rings. The number of benzene rings is 1. The molecule has 5 nitrogen and oxygen atoms in total. The Bertz CT molecular complexity index is 642. The van der Waals surface area contributed by atoms with E-state index in [-0.39, 0.29) is 18.1 Å². The van der Waals surface area contributed by atoms with E-state index >= 15 is 0 Å². The Balaban J connectivity index is 2.69. The molecule has 0 aliphatic carbocycles. The van der Waals surface area contributed by atoms with Crippen molar-refractivity contribution in [2.75, 3.05) is 7.05 Å². The summed E-state index contributed by atoms with van der Waals surface area (Å²) >= 11 is 5.90. The van der Waals surface area contributed by atoms with E-state index in [9.17, 15) is 9.59 Å². The summed E-state index contributed by atoms with van der Waals surface area (Å²) in [6, 6.07) is 5.16. The lowest BCUT2D eigenvalue weighted by Gasteiger charge is -2.01. The number of fused-ring (bicyclic) bond motifs is 1. The summed E-state index contributed by atoms with van der Waals surface area (Å²) < 4.78 is 2.90. The van der Waals surface area contributed by atoms with Crippen LogP contribution >= 0.6 is 11.6 Å². The Morgan fingerprint density at radius 3 is 2.76 bits per heavy atom. The van der Waals surface area contributed by atoms with Crippen molar-refractivity contribution in [1.82, 2.24) is 14.5 Å². The van der Waals surface area contributed by atoms with E-state index in [0.29, 0.717) is 10.5 Å². The maximum absolute atomic E-state index is 12.0. The first-order valence-corrected chi connectivity index (χ1v) is 5.47. The van der Waals surface area contributed by atoms with Gasteiger partial charge in [0.05, 0.1) is 11.0 Å². The highest BCUT2D eigenvalue weighted by Gasteiger charge is 2.12. The summed E-state index contributed by atoms with van der Waals surface area (Å²) in [5, 5.41) is 3.02. The number of carbonyl (C=O) groups is 1. The largest absolute Gasteiger partial charge is 0.358 e. The SMILES string of the molecule is CNC(=O)Cn1c(=O)n(C)c2ccc(Cl)cc21. The van der Waals surface area contributed by atoms with Gasteiger partial charge in [0.25, 0.3) is 0 Å². The zero-order valence-corrected chi connectivity index (χ0v) is 10.3. The van der Waals surface area contributed by atoms with E-state index in [1.54, 1.807) is 25.2 Å². The summed E-state index contributed by atoms with van der Waals surface area (Å²) in [5.41, 5.74) is 1.18. The first kappa shape index (κ1) is 11.7. The first-order chi connectivity index (χ1) is 8.04. The molecule has 2 aromatic rings. The third kappa shape index (κ3) is 1.93. The van der Waals surface area contributed by atoms with Crippen LogP contribution in [0.1, 0.15) is 0 Å². The molecule has 0 aliphatic rings. The topological polar surface area (TPSA) is 56.0 Å². The summed E-state index contributed by atoms with van der Waals surface area (Å²) in [6.07, 6.45) is 0. The van der Waals surface area contributed by atoms with Crippen LogP contribution in [0, 0.1) is 0 Å². The smallest absolute Gasteiger partial charge is 0.329 e. The molecule has 0 saturated carbocycles. The van der Waals surface area contributed by atoms with Gasteiger partial charge in [0.1, 0.15) is 6.54 Å². The van der Waals surface area contributed by atoms with Crippen LogP contribution in [-0.4, -0.2) is 22.1 Å². The van der Waals surface area contributed by atoms with Gasteiger partial charge in [0.2, 0.25) is 5.91 Å². The Morgan fingerprint density at radius 1 is 1.41 bits per heavy atom. The van der Waals surface area contributed by atoms with Crippen LogP contribution in [0.5, 0.6) is 0 Å². The van der Waals surface area contributed by atoms with Gasteiger partial charge in [0.15, 0.2) is 0 Å². The third-order valence-corrected chi connectivity index (χ3v) is 2.92. The highest BCUT2D eigenvalue weighted by Crippen LogP contribution is 2.17. The number of halogens is 1. The van der Waals surface area contributed by atoms with Crippen molar-refractivity contribution in [3.63, 3.8) is 0 Å². The van der Waals surface area contributed by atoms with E-state index < -0.39 is 0 Å². The van der Waals surface area contributed by atoms with Gasteiger partial charge < -0.3 is 5.32 Å². The van der Waals surface area contributed by atoms with Crippen LogP contribution < -0.4 is 11.0 Å². The molecule has 1 aromatic carbocycles. The monoisotopic (exact) mass is 253 g/mol. The predicted octanol–water partition coefficient (Wildman–Crippen LogP) is 0.739. The third-order valence-electron chi connectivity index (χ3n) is 2.69. The van der Waals surface area contributed by atoms with E-state index in [4.69, 9.17) is 11.6 Å². The van der Waals surface area contributed by atoms with Crippen LogP contribution in [-0.2, 0) is 18.4 Å². The molecule has 0 saturated heterocycles. The number of imidazole rings is 1. The molecule has 6 heteroatoms. The highest BCUT2D eigenvalue weighted by atomic mass is 35.5. The van der Waals surface area contributed by atoms with E-state index in [0.717, 1.165) is 5.52 Å². The maximum Gasteiger partial charge on any atom is 0.329 e. The molecule has 0 spiro atoms. The van der Waals surface area contributed by atoms with Gasteiger partial charge in [-0.3, -0.25) is 13.9 Å². The molecule has 0 unspecified atom stereocenters. The minimum Gasteiger partial charge on any atom is -0.358 e. The minimum atomic E-state index is -0.231. The summed E-state index contributed by atoms with van der Waals surface area (Å²) in [5.74, 6) is -0.223. The van der Waals surface area contributed by atoms with Gasteiger partial charge in [-0.1, -0.05) is 11.6 Å². The molecule has 0 radical (unpaired) electrons. The quantitative estimate of drug-likeness (QED) is 0.858. The molecule has 0 bridgehead atoms. The molecular weight excluding hydrogens is 242 g/mol. The average Bonchev–Trinajstić information content (AvgIpc) is 2.54. The van der Waals surface area contributed by atoms with Gasteiger partial charge in [-0.15, -0.1) is 0 Å². The molecular formula is C11H12ClN3O2. The fourth-order valence-corrected chi connectivity index (χ4v) is 1.93. The standard InChI is InChI=1S/C11H12ClN3O2/c1-13-10(16)6-15-9-5-7(12)3-4-8(9)14(2)11(15)17/h3-5H,6H2,1-2H3,(H,13,16). The van der Waals surface area contributed by atoms with E-state index in [1.165, 1.54) is 16.2 Å². The fourth-order valence-electron chi connectivity index (χ4n) is 1.76. The molecule has 0 atom stereocenters. The Morgan fingerprint density at radius 2 is 2.12 bits per heavy atom. The van der Waals surface area contributed by atoms with Crippen molar-refractivity contribution in [2.45, 2.75) is 6.54 Å². The number of amides is 1. The maximum atomic E-state index is 12.0. The molecule has 1 heterocycles. The minimum absolute atomic E-state index is 0.00693. The van der Waals surface area contributed by atoms with Crippen LogP contribution in [0.2, 0.25) is 5.02 Å². The lowest BCUT2D eigenvalue weighted by molar-refractivity contribution is -0.121. The van der Waals surface area contributed by atoms with Gasteiger partial charge in [0, 0.05) is 19.1 Å². The average molecular weight is 254 g/mol. The zero-order valence-electron chi connectivity index (χ0n) is 9.53. The molecule has 1 aromatic heterocycles. The second-order valence-corrected chi connectivity index (χ2v) is 4.17. The number of carbonyl (C=O) groups excluding carboxylic acids is 1. The number of aryl methyl sites for hydroxylation is 1. The normalized spacial score (nSPS) is 10.8. The second kappa shape index (κ2) is 4.25. The number of aromatic nitrogens is 2. The number of hydrogen-bond acceptors (Lipinski definition) is 2. The second-order valence-electron chi connectivity index (χ2n) is 3.73. The van der Waals surface area contributed by atoms with Gasteiger partial charge in [-0.05, 0) is 18.2 Å². The van der Waals surface area contributed by atoms with Crippen molar-refractivity contribution in [2.24, 2.45) is 7.05 Å². The van der Waals surface area contributed by atoms with E-state index in [2.05, 4.69) is 5.32 Å². The number of likely N-dealkylation sites (N-methyl/N-ethyl adjacent to an activating group) is 1. The fraction of sp³-hybridized carbons (Fsp3) is 0.273. The van der Waals surface area contributed by atoms with E-state index in [1.807, 2.05) is 0 Å². The molecule has 1 amide bonds.